The van der Waals surface area contributed by atoms with Crippen LogP contribution in [-0.4, -0.2) is 23.8 Å². The summed E-state index contributed by atoms with van der Waals surface area (Å²) in [6.45, 7) is 1.90. The first-order chi connectivity index (χ1) is 4.17. The summed E-state index contributed by atoms with van der Waals surface area (Å²) in [4.78, 5) is 0. The molecule has 0 aromatic carbocycles. The predicted molar refractivity (Wildman–Crippen MR) is 37.3 cm³/mol. The molecule has 0 amide bonds. The van der Waals surface area contributed by atoms with Crippen LogP contribution in [0.1, 0.15) is 26.2 Å². The van der Waals surface area contributed by atoms with E-state index in [1.165, 1.54) is 0 Å². The van der Waals surface area contributed by atoms with E-state index in [2.05, 4.69) is 5.32 Å². The second kappa shape index (κ2) is 2.27. The lowest BCUT2D eigenvalue weighted by Crippen LogP contribution is -2.42. The molecule has 54 valence electrons. The average Bonchev–Trinajstić information content (AvgIpc) is 2.08. The Morgan fingerprint density at radius 1 is 1.67 bits per heavy atom. The van der Waals surface area contributed by atoms with Crippen LogP contribution in [0, 0.1) is 0 Å². The fourth-order valence-corrected chi connectivity index (χ4v) is 1.60. The van der Waals surface area contributed by atoms with Crippen LogP contribution in [0.4, 0.5) is 0 Å². The van der Waals surface area contributed by atoms with Crippen molar-refractivity contribution >= 4 is 0 Å². The van der Waals surface area contributed by atoms with Gasteiger partial charge in [0.1, 0.15) is 0 Å². The first kappa shape index (κ1) is 7.03. The summed E-state index contributed by atoms with van der Waals surface area (Å²) in [5, 5.41) is 12.7. The van der Waals surface area contributed by atoms with Crippen LogP contribution in [0.15, 0.2) is 0 Å². The Balaban J connectivity index is 2.52. The zero-order valence-electron chi connectivity index (χ0n) is 6.15. The first-order valence-electron chi connectivity index (χ1n) is 3.56. The molecule has 2 atom stereocenters. The molecule has 0 saturated heterocycles. The molecule has 0 aliphatic heterocycles. The van der Waals surface area contributed by atoms with Crippen molar-refractivity contribution in [2.24, 2.45) is 0 Å². The predicted octanol–water partition coefficient (Wildman–Crippen LogP) is 0.509. The summed E-state index contributed by atoms with van der Waals surface area (Å²) in [5.41, 5.74) is -0.450. The Bertz CT molecular complexity index is 101. The average molecular weight is 129 g/mol. The van der Waals surface area contributed by atoms with Gasteiger partial charge in [0.25, 0.3) is 0 Å². The number of aliphatic hydroxyl groups is 1. The summed E-state index contributed by atoms with van der Waals surface area (Å²) in [6.07, 6.45) is 3.21. The van der Waals surface area contributed by atoms with Crippen LogP contribution >= 0.6 is 0 Å². The van der Waals surface area contributed by atoms with Crippen molar-refractivity contribution in [3.63, 3.8) is 0 Å². The molecule has 0 aromatic heterocycles. The molecule has 0 radical (unpaired) electrons. The van der Waals surface area contributed by atoms with Crippen molar-refractivity contribution in [1.82, 2.24) is 5.32 Å². The lowest BCUT2D eigenvalue weighted by atomic mass is 10.0. The van der Waals surface area contributed by atoms with E-state index in [1.807, 2.05) is 14.0 Å². The molecular weight excluding hydrogens is 114 g/mol. The molecule has 0 spiro atoms. The monoisotopic (exact) mass is 129 g/mol. The molecule has 1 rings (SSSR count). The molecule has 0 heterocycles. The van der Waals surface area contributed by atoms with Crippen LogP contribution in [0.2, 0.25) is 0 Å². The Morgan fingerprint density at radius 2 is 2.33 bits per heavy atom. The van der Waals surface area contributed by atoms with Crippen molar-refractivity contribution in [2.45, 2.75) is 37.8 Å². The van der Waals surface area contributed by atoms with Crippen molar-refractivity contribution in [2.75, 3.05) is 7.05 Å². The van der Waals surface area contributed by atoms with Crippen LogP contribution in [0.3, 0.4) is 0 Å². The van der Waals surface area contributed by atoms with Crippen LogP contribution in [0.25, 0.3) is 0 Å². The van der Waals surface area contributed by atoms with Gasteiger partial charge in [0.15, 0.2) is 0 Å². The Morgan fingerprint density at radius 3 is 2.56 bits per heavy atom. The van der Waals surface area contributed by atoms with Crippen LogP contribution in [-0.2, 0) is 0 Å². The highest BCUT2D eigenvalue weighted by Gasteiger charge is 2.35. The molecule has 1 aliphatic rings. The maximum Gasteiger partial charge on any atom is 0.0771 e. The third-order valence-electron chi connectivity index (χ3n) is 2.27. The lowest BCUT2D eigenvalue weighted by Gasteiger charge is -2.24. The van der Waals surface area contributed by atoms with E-state index in [1.54, 1.807) is 0 Å². The third kappa shape index (κ3) is 1.25. The standard InChI is InChI=1S/C7H15NO/c1-7(9)5-3-4-6(7)8-2/h6,8-9H,3-5H2,1-2H3/t6-,7-/m1/s1. The topological polar surface area (TPSA) is 32.3 Å². The van der Waals surface area contributed by atoms with Gasteiger partial charge in [-0.15, -0.1) is 0 Å². The molecule has 0 bridgehead atoms. The fourth-order valence-electron chi connectivity index (χ4n) is 1.60. The lowest BCUT2D eigenvalue weighted by molar-refractivity contribution is 0.0419. The van der Waals surface area contributed by atoms with Gasteiger partial charge in [0.05, 0.1) is 5.60 Å². The summed E-state index contributed by atoms with van der Waals surface area (Å²) in [7, 11) is 1.91. The Kier molecular flexibility index (Phi) is 1.78. The third-order valence-corrected chi connectivity index (χ3v) is 2.27. The number of likely N-dealkylation sites (N-methyl/N-ethyl adjacent to an activating group) is 1. The summed E-state index contributed by atoms with van der Waals surface area (Å²) < 4.78 is 0. The molecular formula is C7H15NO. The smallest absolute Gasteiger partial charge is 0.0771 e. The summed E-state index contributed by atoms with van der Waals surface area (Å²) in [6, 6.07) is 0.317. The second-order valence-electron chi connectivity index (χ2n) is 3.09. The van der Waals surface area contributed by atoms with Crippen LogP contribution in [0.5, 0.6) is 0 Å². The van der Waals surface area contributed by atoms with Gasteiger partial charge in [0, 0.05) is 6.04 Å². The SMILES string of the molecule is CN[C@@H]1CCC[C@@]1(C)O. The Hall–Kier alpha value is -0.0800. The van der Waals surface area contributed by atoms with E-state index < -0.39 is 5.60 Å². The number of hydrogen-bond donors (Lipinski definition) is 2. The van der Waals surface area contributed by atoms with E-state index >= 15 is 0 Å². The summed E-state index contributed by atoms with van der Waals surface area (Å²) in [5.74, 6) is 0. The number of hydrogen-bond acceptors (Lipinski definition) is 2. The maximum absolute atomic E-state index is 9.59. The van der Waals surface area contributed by atoms with Gasteiger partial charge in [-0.05, 0) is 33.2 Å². The fraction of sp³-hybridized carbons (Fsp3) is 1.00. The molecule has 1 saturated carbocycles. The highest BCUT2D eigenvalue weighted by molar-refractivity contribution is 4.92. The van der Waals surface area contributed by atoms with Gasteiger partial charge in [0.2, 0.25) is 0 Å². The minimum Gasteiger partial charge on any atom is -0.389 e. The van der Waals surface area contributed by atoms with Crippen molar-refractivity contribution in [3.8, 4) is 0 Å². The van der Waals surface area contributed by atoms with E-state index in [4.69, 9.17) is 0 Å². The highest BCUT2D eigenvalue weighted by Crippen LogP contribution is 2.28. The number of rotatable bonds is 1. The zero-order valence-corrected chi connectivity index (χ0v) is 6.15. The van der Waals surface area contributed by atoms with Gasteiger partial charge in [-0.2, -0.15) is 0 Å². The number of nitrogens with one attached hydrogen (secondary N) is 1. The Labute approximate surface area is 56.3 Å². The largest absolute Gasteiger partial charge is 0.389 e. The van der Waals surface area contributed by atoms with Gasteiger partial charge < -0.3 is 10.4 Å². The van der Waals surface area contributed by atoms with Gasteiger partial charge in [-0.25, -0.2) is 0 Å². The molecule has 2 N–H and O–H groups in total. The molecule has 1 aliphatic carbocycles. The van der Waals surface area contributed by atoms with Crippen molar-refractivity contribution in [3.05, 3.63) is 0 Å². The van der Waals surface area contributed by atoms with E-state index in [9.17, 15) is 5.11 Å². The quantitative estimate of drug-likeness (QED) is 0.540. The molecule has 2 heteroatoms. The van der Waals surface area contributed by atoms with Crippen molar-refractivity contribution in [1.29, 1.82) is 0 Å². The maximum atomic E-state index is 9.59. The van der Waals surface area contributed by atoms with Crippen molar-refractivity contribution < 1.29 is 5.11 Å². The molecule has 0 unspecified atom stereocenters. The van der Waals surface area contributed by atoms with Gasteiger partial charge in [-0.1, -0.05) is 0 Å². The van der Waals surface area contributed by atoms with Gasteiger partial charge in [-0.3, -0.25) is 0 Å². The minimum atomic E-state index is -0.450. The molecule has 0 aromatic rings. The van der Waals surface area contributed by atoms with E-state index in [-0.39, 0.29) is 0 Å². The van der Waals surface area contributed by atoms with Crippen LogP contribution < -0.4 is 5.32 Å². The van der Waals surface area contributed by atoms with E-state index in [0.717, 1.165) is 19.3 Å². The second-order valence-corrected chi connectivity index (χ2v) is 3.09. The molecule has 9 heavy (non-hydrogen) atoms. The molecule has 2 nitrogen and oxygen atoms in total. The summed E-state index contributed by atoms with van der Waals surface area (Å²) >= 11 is 0. The minimum absolute atomic E-state index is 0.317. The highest BCUT2D eigenvalue weighted by atomic mass is 16.3. The van der Waals surface area contributed by atoms with Gasteiger partial charge >= 0.3 is 0 Å². The first-order valence-corrected chi connectivity index (χ1v) is 3.56. The zero-order chi connectivity index (χ0) is 6.91. The normalized spacial score (nSPS) is 43.7. The molecule has 1 fully saturated rings. The van der Waals surface area contributed by atoms with E-state index in [0.29, 0.717) is 6.04 Å².